The molecular weight excluding hydrogens is 481 g/mol. The average Bonchev–Trinajstić information content (AvgIpc) is 2.82. The van der Waals surface area contributed by atoms with Crippen molar-refractivity contribution in [3.05, 3.63) is 97.5 Å². The Labute approximate surface area is 205 Å². The summed E-state index contributed by atoms with van der Waals surface area (Å²) in [6.07, 6.45) is 1.29. The zero-order valence-corrected chi connectivity index (χ0v) is 19.3. The summed E-state index contributed by atoms with van der Waals surface area (Å²) in [6.45, 7) is 0.212. The second-order valence-corrected chi connectivity index (χ2v) is 7.69. The highest BCUT2D eigenvalue weighted by Crippen LogP contribution is 2.37. The lowest BCUT2D eigenvalue weighted by molar-refractivity contribution is -0.383. The number of halogens is 2. The van der Waals surface area contributed by atoms with Crippen LogP contribution in [0.3, 0.4) is 0 Å². The fourth-order valence-electron chi connectivity index (χ4n) is 2.94. The van der Waals surface area contributed by atoms with Crippen molar-refractivity contribution in [1.82, 2.24) is 0 Å². The van der Waals surface area contributed by atoms with Crippen molar-refractivity contribution in [2.45, 2.75) is 6.61 Å². The Morgan fingerprint density at radius 3 is 2.53 bits per heavy atom. The Kier molecular flexibility index (Phi) is 8.09. The number of carbonyl (C=O) groups is 1. The zero-order valence-electron chi connectivity index (χ0n) is 17.7. The molecule has 10 heteroatoms. The van der Waals surface area contributed by atoms with Crippen molar-refractivity contribution in [3.63, 3.8) is 0 Å². The molecule has 0 atom stereocenters. The van der Waals surface area contributed by atoms with Crippen LogP contribution in [-0.4, -0.2) is 17.9 Å². The van der Waals surface area contributed by atoms with Gasteiger partial charge in [-0.2, -0.15) is 5.26 Å². The van der Waals surface area contributed by atoms with E-state index in [0.717, 1.165) is 5.56 Å². The molecule has 3 rings (SSSR count). The van der Waals surface area contributed by atoms with E-state index in [9.17, 15) is 20.2 Å². The highest BCUT2D eigenvalue weighted by molar-refractivity contribution is 6.32. The van der Waals surface area contributed by atoms with Crippen LogP contribution < -0.4 is 14.8 Å². The first-order chi connectivity index (χ1) is 16.3. The molecule has 0 fully saturated rings. The van der Waals surface area contributed by atoms with Crippen LogP contribution >= 0.6 is 23.2 Å². The van der Waals surface area contributed by atoms with Crippen LogP contribution in [0.1, 0.15) is 11.1 Å². The number of nitro benzene ring substituents is 1. The topological polar surface area (TPSA) is 114 Å². The molecule has 0 aliphatic heterocycles. The second-order valence-electron chi connectivity index (χ2n) is 6.85. The van der Waals surface area contributed by atoms with Crippen LogP contribution in [0.25, 0.3) is 6.08 Å². The molecule has 0 heterocycles. The van der Waals surface area contributed by atoms with Gasteiger partial charge < -0.3 is 14.8 Å². The SMILES string of the molecule is COc1cc(/C=C(/C#N)C(=O)Nc2ccccc2[N+](=O)[O-])cc(Cl)c1OCc1ccc(Cl)cc1. The normalized spacial score (nSPS) is 10.8. The summed E-state index contributed by atoms with van der Waals surface area (Å²) in [5.74, 6) is -0.224. The molecule has 0 spiro atoms. The molecule has 34 heavy (non-hydrogen) atoms. The van der Waals surface area contributed by atoms with Gasteiger partial charge in [0.15, 0.2) is 11.5 Å². The van der Waals surface area contributed by atoms with Crippen LogP contribution in [0.5, 0.6) is 11.5 Å². The first kappa shape index (κ1) is 24.6. The molecule has 0 saturated heterocycles. The number of nitro groups is 1. The Hall–Kier alpha value is -4.06. The van der Waals surface area contributed by atoms with E-state index in [-0.39, 0.29) is 28.6 Å². The number of amides is 1. The fourth-order valence-corrected chi connectivity index (χ4v) is 3.34. The number of nitrogens with one attached hydrogen (secondary N) is 1. The molecule has 0 aliphatic rings. The number of anilines is 1. The predicted octanol–water partition coefficient (Wildman–Crippen LogP) is 6.03. The van der Waals surface area contributed by atoms with Gasteiger partial charge in [-0.05, 0) is 47.5 Å². The fraction of sp³-hybridized carbons (Fsp3) is 0.0833. The van der Waals surface area contributed by atoms with Crippen molar-refractivity contribution >= 4 is 46.6 Å². The molecule has 8 nitrogen and oxygen atoms in total. The average molecular weight is 498 g/mol. The van der Waals surface area contributed by atoms with E-state index in [1.54, 1.807) is 24.3 Å². The summed E-state index contributed by atoms with van der Waals surface area (Å²) >= 11 is 12.3. The quantitative estimate of drug-likeness (QED) is 0.175. The summed E-state index contributed by atoms with van der Waals surface area (Å²) in [4.78, 5) is 23.1. The third-order valence-electron chi connectivity index (χ3n) is 4.57. The van der Waals surface area contributed by atoms with Crippen molar-refractivity contribution in [2.75, 3.05) is 12.4 Å². The monoisotopic (exact) mass is 497 g/mol. The van der Waals surface area contributed by atoms with Gasteiger partial charge in [-0.1, -0.05) is 47.5 Å². The molecule has 3 aromatic rings. The summed E-state index contributed by atoms with van der Waals surface area (Å²) in [5, 5.41) is 23.8. The molecule has 1 amide bonds. The molecule has 1 N–H and O–H groups in total. The standard InChI is InChI=1S/C24H17Cl2N3O5/c1-33-22-12-16(11-19(26)23(22)34-14-15-6-8-18(25)9-7-15)10-17(13-27)24(30)28-20-4-2-3-5-21(20)29(31)32/h2-12H,14H2,1H3,(H,28,30)/b17-10-. The lowest BCUT2D eigenvalue weighted by atomic mass is 10.1. The Morgan fingerprint density at radius 1 is 1.18 bits per heavy atom. The van der Waals surface area contributed by atoms with E-state index in [1.165, 1.54) is 43.5 Å². The van der Waals surface area contributed by atoms with Crippen LogP contribution in [0, 0.1) is 21.4 Å². The first-order valence-corrected chi connectivity index (χ1v) is 10.5. The Balaban J connectivity index is 1.84. The van der Waals surface area contributed by atoms with Crippen LogP contribution in [0.4, 0.5) is 11.4 Å². The molecule has 172 valence electrons. The van der Waals surface area contributed by atoms with Crippen LogP contribution in [-0.2, 0) is 11.4 Å². The summed E-state index contributed by atoms with van der Waals surface area (Å²) in [7, 11) is 1.43. The third kappa shape index (κ3) is 6.04. The van der Waals surface area contributed by atoms with Crippen molar-refractivity contribution < 1.29 is 19.2 Å². The minimum atomic E-state index is -0.810. The molecule has 0 saturated carbocycles. The summed E-state index contributed by atoms with van der Waals surface area (Å²) < 4.78 is 11.2. The number of para-hydroxylation sites is 2. The summed E-state index contributed by atoms with van der Waals surface area (Å²) in [5.41, 5.74) is 0.659. The molecule has 3 aromatic carbocycles. The molecule has 0 bridgehead atoms. The third-order valence-corrected chi connectivity index (χ3v) is 5.11. The number of rotatable bonds is 8. The molecule has 0 radical (unpaired) electrons. The van der Waals surface area contributed by atoms with E-state index in [2.05, 4.69) is 5.32 Å². The molecule has 0 unspecified atom stereocenters. The van der Waals surface area contributed by atoms with Crippen molar-refractivity contribution in [1.29, 1.82) is 5.26 Å². The van der Waals surface area contributed by atoms with E-state index < -0.39 is 10.8 Å². The highest BCUT2D eigenvalue weighted by Gasteiger charge is 2.18. The zero-order chi connectivity index (χ0) is 24.7. The molecule has 0 aliphatic carbocycles. The maximum Gasteiger partial charge on any atom is 0.292 e. The second kappa shape index (κ2) is 11.2. The number of benzene rings is 3. The largest absolute Gasteiger partial charge is 0.493 e. The molecular formula is C24H17Cl2N3O5. The van der Waals surface area contributed by atoms with Gasteiger partial charge in [0, 0.05) is 11.1 Å². The van der Waals surface area contributed by atoms with E-state index in [1.807, 2.05) is 12.1 Å². The van der Waals surface area contributed by atoms with Gasteiger partial charge in [0.1, 0.15) is 23.9 Å². The van der Waals surface area contributed by atoms with E-state index >= 15 is 0 Å². The summed E-state index contributed by atoms with van der Waals surface area (Å²) in [6, 6.07) is 17.6. The molecule has 0 aromatic heterocycles. The predicted molar refractivity (Wildman–Crippen MR) is 129 cm³/mol. The number of methoxy groups -OCH3 is 1. The lowest BCUT2D eigenvalue weighted by Crippen LogP contribution is -2.14. The van der Waals surface area contributed by atoms with Crippen LogP contribution in [0.15, 0.2) is 66.2 Å². The maximum absolute atomic E-state index is 12.6. The van der Waals surface area contributed by atoms with Gasteiger partial charge in [-0.15, -0.1) is 0 Å². The smallest absolute Gasteiger partial charge is 0.292 e. The Morgan fingerprint density at radius 2 is 1.88 bits per heavy atom. The van der Waals surface area contributed by atoms with E-state index in [4.69, 9.17) is 32.7 Å². The van der Waals surface area contributed by atoms with Gasteiger partial charge in [0.05, 0.1) is 17.1 Å². The van der Waals surface area contributed by atoms with Gasteiger partial charge in [0.2, 0.25) is 0 Å². The number of hydrogen-bond acceptors (Lipinski definition) is 6. The number of nitrogens with zero attached hydrogens (tertiary/aromatic N) is 2. The maximum atomic E-state index is 12.6. The Bertz CT molecular complexity index is 1300. The van der Waals surface area contributed by atoms with Gasteiger partial charge in [-0.3, -0.25) is 14.9 Å². The van der Waals surface area contributed by atoms with Gasteiger partial charge in [0.25, 0.3) is 11.6 Å². The van der Waals surface area contributed by atoms with Crippen LogP contribution in [0.2, 0.25) is 10.0 Å². The van der Waals surface area contributed by atoms with E-state index in [0.29, 0.717) is 22.1 Å². The van der Waals surface area contributed by atoms with Gasteiger partial charge in [-0.25, -0.2) is 0 Å². The van der Waals surface area contributed by atoms with Gasteiger partial charge >= 0.3 is 0 Å². The van der Waals surface area contributed by atoms with Crippen molar-refractivity contribution in [3.8, 4) is 17.6 Å². The minimum absolute atomic E-state index is 0.0276. The number of carbonyl (C=O) groups excluding carboxylic acids is 1. The minimum Gasteiger partial charge on any atom is -0.493 e. The lowest BCUT2D eigenvalue weighted by Gasteiger charge is -2.14. The number of hydrogen-bond donors (Lipinski definition) is 1. The first-order valence-electron chi connectivity index (χ1n) is 9.73. The highest BCUT2D eigenvalue weighted by atomic mass is 35.5. The number of nitriles is 1. The van der Waals surface area contributed by atoms with Crippen molar-refractivity contribution in [2.24, 2.45) is 0 Å². The number of ether oxygens (including phenoxy) is 2.